The summed E-state index contributed by atoms with van der Waals surface area (Å²) in [4.78, 5) is 35.6. The minimum absolute atomic E-state index is 0.0722. The van der Waals surface area contributed by atoms with Crippen LogP contribution in [0.25, 0.3) is 11.0 Å². The van der Waals surface area contributed by atoms with E-state index >= 15 is 4.39 Å². The van der Waals surface area contributed by atoms with Gasteiger partial charge in [0.1, 0.15) is 34.6 Å². The van der Waals surface area contributed by atoms with Crippen molar-refractivity contribution in [3.05, 3.63) is 82.8 Å². The van der Waals surface area contributed by atoms with Crippen molar-refractivity contribution in [2.45, 2.75) is 19.9 Å². The Morgan fingerprint density at radius 1 is 1.17 bits per heavy atom. The van der Waals surface area contributed by atoms with Crippen LogP contribution in [0.15, 0.2) is 48.9 Å². The molecule has 4 aromatic rings. The van der Waals surface area contributed by atoms with Crippen LogP contribution in [0.3, 0.4) is 0 Å². The molecule has 0 aliphatic carbocycles. The zero-order valence-corrected chi connectivity index (χ0v) is 19.8. The van der Waals surface area contributed by atoms with E-state index in [0.29, 0.717) is 12.0 Å². The Morgan fingerprint density at radius 3 is 2.72 bits per heavy atom. The summed E-state index contributed by atoms with van der Waals surface area (Å²) in [5.41, 5.74) is -0.121. The zero-order valence-electron chi connectivity index (χ0n) is 19.0. The number of hydrogen-bond acceptors (Lipinski definition) is 6. The number of rotatable bonds is 10. The average molecular weight is 514 g/mol. The van der Waals surface area contributed by atoms with E-state index in [0.717, 1.165) is 12.1 Å². The van der Waals surface area contributed by atoms with E-state index in [2.05, 4.69) is 25.0 Å². The molecule has 9 nitrogen and oxygen atoms in total. The van der Waals surface area contributed by atoms with Crippen molar-refractivity contribution in [3.8, 4) is 0 Å². The Bertz CT molecular complexity index is 1490. The topological polar surface area (TPSA) is 137 Å². The number of anilines is 2. The van der Waals surface area contributed by atoms with Gasteiger partial charge in [0.05, 0.1) is 27.8 Å². The largest absolute Gasteiger partial charge is 0.478 e. The van der Waals surface area contributed by atoms with E-state index in [1.54, 1.807) is 12.1 Å². The Hall–Kier alpha value is -4.19. The first kappa shape index (κ1) is 24.9. The van der Waals surface area contributed by atoms with E-state index in [-0.39, 0.29) is 46.0 Å². The van der Waals surface area contributed by atoms with Gasteiger partial charge in [-0.3, -0.25) is 4.79 Å². The summed E-state index contributed by atoms with van der Waals surface area (Å²) in [6, 6.07) is 8.28. The molecule has 0 radical (unpaired) electrons. The lowest BCUT2D eigenvalue weighted by Gasteiger charge is -2.11. The molecule has 12 heteroatoms. The van der Waals surface area contributed by atoms with Gasteiger partial charge in [0.25, 0.3) is 0 Å². The quantitative estimate of drug-likeness (QED) is 0.233. The number of aromatic nitrogens is 3. The number of aromatic amines is 1. The number of nitrogens with one attached hydrogen (secondary N) is 3. The van der Waals surface area contributed by atoms with Gasteiger partial charge in [0.15, 0.2) is 5.82 Å². The first-order chi connectivity index (χ1) is 17.3. The number of hydrogen-bond donors (Lipinski definition) is 4. The second-order valence-electron chi connectivity index (χ2n) is 7.77. The third-order valence-electron chi connectivity index (χ3n) is 5.28. The van der Waals surface area contributed by atoms with Crippen LogP contribution in [-0.4, -0.2) is 41.8 Å². The SMILES string of the molecule is CCCS(=O)Nc1ccc(F)c(C(=O)c2c[nH]c3ncnc(NCc4cccc(C(=O)O)c4)c23)c1F. The minimum Gasteiger partial charge on any atom is -0.478 e. The smallest absolute Gasteiger partial charge is 0.335 e. The number of aromatic carboxylic acids is 1. The molecule has 2 aromatic heterocycles. The number of H-pyrrole nitrogens is 1. The Balaban J connectivity index is 1.69. The van der Waals surface area contributed by atoms with Gasteiger partial charge in [-0.1, -0.05) is 19.1 Å². The highest BCUT2D eigenvalue weighted by Gasteiger charge is 2.26. The minimum atomic E-state index is -1.59. The highest BCUT2D eigenvalue weighted by atomic mass is 32.2. The number of ketones is 1. The first-order valence-electron chi connectivity index (χ1n) is 10.9. The van der Waals surface area contributed by atoms with Crippen LogP contribution in [0, 0.1) is 11.6 Å². The second-order valence-corrected chi connectivity index (χ2v) is 9.08. The maximum atomic E-state index is 15.2. The fourth-order valence-corrected chi connectivity index (χ4v) is 4.49. The van der Waals surface area contributed by atoms with Crippen molar-refractivity contribution in [1.82, 2.24) is 15.0 Å². The van der Waals surface area contributed by atoms with Gasteiger partial charge in [-0.2, -0.15) is 0 Å². The van der Waals surface area contributed by atoms with Crippen molar-refractivity contribution >= 4 is 45.3 Å². The highest BCUT2D eigenvalue weighted by molar-refractivity contribution is 7.86. The standard InChI is InChI=1S/C24H21F2N5O4S/c1-2-8-36(35)31-17-7-6-16(25)19(20(17)26)21(32)15-11-28-23-18(15)22(29-12-30-23)27-10-13-4-3-5-14(9-13)24(33)34/h3-7,9,11-12,31H,2,8,10H2,1H3,(H,33,34)(H2,27,28,29,30). The van der Waals surface area contributed by atoms with E-state index in [9.17, 15) is 23.3 Å². The molecule has 0 fully saturated rings. The maximum Gasteiger partial charge on any atom is 0.335 e. The lowest BCUT2D eigenvalue weighted by Crippen LogP contribution is -2.14. The summed E-state index contributed by atoms with van der Waals surface area (Å²) in [5.74, 6) is -3.79. The molecule has 186 valence electrons. The van der Waals surface area contributed by atoms with Gasteiger partial charge in [-0.15, -0.1) is 0 Å². The van der Waals surface area contributed by atoms with Crippen molar-refractivity contribution in [2.75, 3.05) is 15.8 Å². The number of carbonyl (C=O) groups excluding carboxylic acids is 1. The van der Waals surface area contributed by atoms with Gasteiger partial charge < -0.3 is 20.1 Å². The lowest BCUT2D eigenvalue weighted by atomic mass is 10.0. The normalized spacial score (nSPS) is 11.9. The summed E-state index contributed by atoms with van der Waals surface area (Å²) in [5, 5.41) is 12.4. The number of fused-ring (bicyclic) bond motifs is 1. The molecule has 2 aromatic carbocycles. The molecule has 4 N–H and O–H groups in total. The number of carbonyl (C=O) groups is 2. The highest BCUT2D eigenvalue weighted by Crippen LogP contribution is 2.30. The summed E-state index contributed by atoms with van der Waals surface area (Å²) in [6.07, 6.45) is 3.11. The number of halogens is 2. The Morgan fingerprint density at radius 2 is 1.97 bits per heavy atom. The molecule has 0 bridgehead atoms. The van der Waals surface area contributed by atoms with Crippen molar-refractivity contribution in [2.24, 2.45) is 0 Å². The molecule has 0 amide bonds. The molecular formula is C24H21F2N5O4S. The average Bonchev–Trinajstić information content (AvgIpc) is 3.30. The molecular weight excluding hydrogens is 492 g/mol. The molecule has 0 saturated heterocycles. The number of benzene rings is 2. The van der Waals surface area contributed by atoms with Crippen LogP contribution in [-0.2, 0) is 17.5 Å². The number of nitrogens with zero attached hydrogens (tertiary/aromatic N) is 2. The van der Waals surface area contributed by atoms with E-state index < -0.39 is 39.9 Å². The summed E-state index contributed by atoms with van der Waals surface area (Å²) >= 11 is 0. The van der Waals surface area contributed by atoms with E-state index in [4.69, 9.17) is 0 Å². The lowest BCUT2D eigenvalue weighted by molar-refractivity contribution is 0.0696. The van der Waals surface area contributed by atoms with Crippen molar-refractivity contribution in [1.29, 1.82) is 0 Å². The van der Waals surface area contributed by atoms with Crippen LogP contribution in [0.4, 0.5) is 20.3 Å². The van der Waals surface area contributed by atoms with Crippen LogP contribution >= 0.6 is 0 Å². The fourth-order valence-electron chi connectivity index (χ4n) is 3.61. The molecule has 36 heavy (non-hydrogen) atoms. The third-order valence-corrected chi connectivity index (χ3v) is 6.51. The molecule has 2 heterocycles. The van der Waals surface area contributed by atoms with Gasteiger partial charge in [-0.05, 0) is 36.2 Å². The van der Waals surface area contributed by atoms with Crippen molar-refractivity contribution < 1.29 is 27.7 Å². The number of carboxylic acids is 1. The fraction of sp³-hybridized carbons (Fsp3) is 0.167. The van der Waals surface area contributed by atoms with Crippen molar-refractivity contribution in [3.63, 3.8) is 0 Å². The Labute approximate surface area is 206 Å². The zero-order chi connectivity index (χ0) is 25.8. The molecule has 0 spiro atoms. The van der Waals surface area contributed by atoms with Crippen LogP contribution in [0.5, 0.6) is 0 Å². The Kier molecular flexibility index (Phi) is 7.34. The van der Waals surface area contributed by atoms with Gasteiger partial charge in [0, 0.05) is 18.5 Å². The van der Waals surface area contributed by atoms with Gasteiger partial charge in [0.2, 0.25) is 5.78 Å². The molecule has 0 saturated carbocycles. The van der Waals surface area contributed by atoms with Crippen LogP contribution in [0.2, 0.25) is 0 Å². The number of carboxylic acid groups (broad SMARTS) is 1. The first-order valence-corrected chi connectivity index (χ1v) is 12.2. The summed E-state index contributed by atoms with van der Waals surface area (Å²) in [7, 11) is -1.59. The third kappa shape index (κ3) is 5.08. The molecule has 1 unspecified atom stereocenters. The monoisotopic (exact) mass is 513 g/mol. The summed E-state index contributed by atoms with van der Waals surface area (Å²) < 4.78 is 44.3. The molecule has 1 atom stereocenters. The van der Waals surface area contributed by atoms with Crippen LogP contribution < -0.4 is 10.0 Å². The predicted octanol–water partition coefficient (Wildman–Crippen LogP) is 4.26. The van der Waals surface area contributed by atoms with Crippen LogP contribution in [0.1, 0.15) is 45.2 Å². The molecule has 0 aliphatic heterocycles. The maximum absolute atomic E-state index is 15.2. The molecule has 4 rings (SSSR count). The van der Waals surface area contributed by atoms with Gasteiger partial charge in [-0.25, -0.2) is 27.8 Å². The summed E-state index contributed by atoms with van der Waals surface area (Å²) in [6.45, 7) is 1.97. The second kappa shape index (κ2) is 10.6. The van der Waals surface area contributed by atoms with E-state index in [1.165, 1.54) is 24.7 Å². The van der Waals surface area contributed by atoms with E-state index in [1.807, 2.05) is 6.92 Å². The van der Waals surface area contributed by atoms with Gasteiger partial charge >= 0.3 is 5.97 Å². The molecule has 0 aliphatic rings. The predicted molar refractivity (Wildman–Crippen MR) is 131 cm³/mol.